The molecular weight excluding hydrogens is 154 g/mol. The Kier molecular flexibility index (Phi) is 1.64. The van der Waals surface area contributed by atoms with Gasteiger partial charge in [-0.25, -0.2) is 4.79 Å². The number of carbonyl (C=O) groups is 1. The molecule has 0 atom stereocenters. The zero-order valence-corrected chi connectivity index (χ0v) is 7.02. The molecule has 12 heavy (non-hydrogen) atoms. The maximum Gasteiger partial charge on any atom is 0.336 e. The molecule has 64 valence electrons. The molecule has 0 radical (unpaired) electrons. The molecule has 0 aromatic rings. The van der Waals surface area contributed by atoms with Gasteiger partial charge in [-0.2, -0.15) is 0 Å². The average Bonchev–Trinajstić information content (AvgIpc) is 2.58. The lowest BCUT2D eigenvalue weighted by atomic mass is 10.1. The number of carbonyl (C=O) groups excluding carboxylic acids is 1. The topological polar surface area (TPSA) is 38.3 Å². The molecule has 0 amide bonds. The van der Waals surface area contributed by atoms with E-state index in [-0.39, 0.29) is 5.97 Å². The van der Waals surface area contributed by atoms with Crippen LogP contribution in [0.5, 0.6) is 0 Å². The van der Waals surface area contributed by atoms with Crippen LogP contribution in [0.3, 0.4) is 0 Å². The fraction of sp³-hybridized carbons (Fsp3) is 0.444. The molecule has 2 rings (SSSR count). The molecule has 0 saturated carbocycles. The normalized spacial score (nSPS) is 28.4. The molecular formula is C9H11NO2. The van der Waals surface area contributed by atoms with Gasteiger partial charge in [0.05, 0.1) is 12.2 Å². The van der Waals surface area contributed by atoms with E-state index in [2.05, 4.69) is 5.32 Å². The minimum absolute atomic E-state index is 0.163. The maximum absolute atomic E-state index is 11.1. The molecule has 0 bridgehead atoms. The Morgan fingerprint density at radius 2 is 2.42 bits per heavy atom. The molecule has 0 unspecified atom stereocenters. The monoisotopic (exact) mass is 165 g/mol. The highest BCUT2D eigenvalue weighted by Crippen LogP contribution is 2.20. The Hall–Kier alpha value is -1.25. The van der Waals surface area contributed by atoms with Crippen LogP contribution in [0.2, 0.25) is 0 Å². The van der Waals surface area contributed by atoms with Crippen LogP contribution in [0.15, 0.2) is 22.9 Å². The highest BCUT2D eigenvalue weighted by molar-refractivity contribution is 5.91. The summed E-state index contributed by atoms with van der Waals surface area (Å²) < 4.78 is 4.85. The van der Waals surface area contributed by atoms with Crippen molar-refractivity contribution in [2.75, 3.05) is 13.2 Å². The summed E-state index contributed by atoms with van der Waals surface area (Å²) in [6.45, 7) is 3.43. The molecule has 0 aromatic carbocycles. The largest absolute Gasteiger partial charge is 0.462 e. The minimum Gasteiger partial charge on any atom is -0.462 e. The van der Waals surface area contributed by atoms with E-state index in [1.165, 1.54) is 5.57 Å². The van der Waals surface area contributed by atoms with E-state index < -0.39 is 0 Å². The van der Waals surface area contributed by atoms with E-state index in [9.17, 15) is 4.79 Å². The van der Waals surface area contributed by atoms with Crippen LogP contribution in [0.1, 0.15) is 13.3 Å². The molecule has 3 nitrogen and oxygen atoms in total. The Balaban J connectivity index is 2.31. The quantitative estimate of drug-likeness (QED) is 0.425. The Labute approximate surface area is 71.1 Å². The average molecular weight is 165 g/mol. The van der Waals surface area contributed by atoms with Crippen molar-refractivity contribution in [1.82, 2.24) is 5.32 Å². The number of hydrogen-bond acceptors (Lipinski definition) is 3. The van der Waals surface area contributed by atoms with Crippen LogP contribution >= 0.6 is 0 Å². The number of esters is 1. The number of ether oxygens (including phenoxy) is 1. The van der Waals surface area contributed by atoms with Crippen molar-refractivity contribution in [2.24, 2.45) is 0 Å². The third-order valence-electron chi connectivity index (χ3n) is 2.11. The first-order valence-electron chi connectivity index (χ1n) is 4.08. The summed E-state index contributed by atoms with van der Waals surface area (Å²) in [5.41, 5.74) is 3.01. The fourth-order valence-electron chi connectivity index (χ4n) is 1.46. The lowest BCUT2D eigenvalue weighted by Gasteiger charge is -1.99. The Morgan fingerprint density at radius 3 is 2.92 bits per heavy atom. The predicted octanol–water partition coefficient (Wildman–Crippen LogP) is 0.737. The van der Waals surface area contributed by atoms with E-state index in [1.54, 1.807) is 0 Å². The summed E-state index contributed by atoms with van der Waals surface area (Å²) in [4.78, 5) is 11.1. The molecule has 0 spiro atoms. The Morgan fingerprint density at radius 1 is 1.58 bits per heavy atom. The van der Waals surface area contributed by atoms with Crippen LogP contribution in [0.25, 0.3) is 0 Å². The molecule has 2 aliphatic heterocycles. The SMILES string of the molecule is CC1=C/C(=C2/CCOC2=O)NC1. The number of rotatable bonds is 0. The number of allylic oxidation sites excluding steroid dienone is 1. The van der Waals surface area contributed by atoms with E-state index >= 15 is 0 Å². The van der Waals surface area contributed by atoms with Crippen molar-refractivity contribution < 1.29 is 9.53 Å². The van der Waals surface area contributed by atoms with Gasteiger partial charge in [0.25, 0.3) is 0 Å². The van der Waals surface area contributed by atoms with E-state index in [1.807, 2.05) is 13.0 Å². The second-order valence-electron chi connectivity index (χ2n) is 3.12. The van der Waals surface area contributed by atoms with Crippen molar-refractivity contribution in [3.8, 4) is 0 Å². The van der Waals surface area contributed by atoms with Gasteiger partial charge in [0.1, 0.15) is 0 Å². The van der Waals surface area contributed by atoms with Gasteiger partial charge in [0, 0.05) is 18.7 Å². The minimum atomic E-state index is -0.163. The lowest BCUT2D eigenvalue weighted by Crippen LogP contribution is -2.11. The van der Waals surface area contributed by atoms with Crippen molar-refractivity contribution in [3.63, 3.8) is 0 Å². The first-order valence-corrected chi connectivity index (χ1v) is 4.08. The number of cyclic esters (lactones) is 1. The maximum atomic E-state index is 11.1. The molecule has 3 heteroatoms. The summed E-state index contributed by atoms with van der Waals surface area (Å²) in [5.74, 6) is -0.163. The van der Waals surface area contributed by atoms with Gasteiger partial charge in [-0.1, -0.05) is 5.57 Å². The predicted molar refractivity (Wildman–Crippen MR) is 44.4 cm³/mol. The standard InChI is InChI=1S/C9H11NO2/c1-6-4-8(10-5-6)7-2-3-12-9(7)11/h4,10H,2-3,5H2,1H3/b8-7+. The lowest BCUT2D eigenvalue weighted by molar-refractivity contribution is -0.135. The van der Waals surface area contributed by atoms with Crippen LogP contribution in [0.4, 0.5) is 0 Å². The van der Waals surface area contributed by atoms with E-state index in [0.717, 1.165) is 24.2 Å². The molecule has 1 N–H and O–H groups in total. The molecule has 1 saturated heterocycles. The number of nitrogens with one attached hydrogen (secondary N) is 1. The second kappa shape index (κ2) is 2.66. The molecule has 1 fully saturated rings. The van der Waals surface area contributed by atoms with E-state index in [4.69, 9.17) is 4.74 Å². The van der Waals surface area contributed by atoms with Gasteiger partial charge in [0.2, 0.25) is 0 Å². The zero-order valence-electron chi connectivity index (χ0n) is 7.02. The first-order chi connectivity index (χ1) is 5.77. The summed E-state index contributed by atoms with van der Waals surface area (Å²) in [5, 5.41) is 3.16. The summed E-state index contributed by atoms with van der Waals surface area (Å²) in [6, 6.07) is 0. The van der Waals surface area contributed by atoms with Crippen molar-refractivity contribution in [1.29, 1.82) is 0 Å². The highest BCUT2D eigenvalue weighted by atomic mass is 16.5. The van der Waals surface area contributed by atoms with Gasteiger partial charge in [-0.15, -0.1) is 0 Å². The number of hydrogen-bond donors (Lipinski definition) is 1. The smallest absolute Gasteiger partial charge is 0.336 e. The fourth-order valence-corrected chi connectivity index (χ4v) is 1.46. The van der Waals surface area contributed by atoms with Crippen LogP contribution in [-0.2, 0) is 9.53 Å². The zero-order chi connectivity index (χ0) is 8.55. The van der Waals surface area contributed by atoms with Gasteiger partial charge < -0.3 is 10.1 Å². The van der Waals surface area contributed by atoms with Crippen molar-refractivity contribution in [2.45, 2.75) is 13.3 Å². The van der Waals surface area contributed by atoms with Gasteiger partial charge in [-0.05, 0) is 13.0 Å². The van der Waals surface area contributed by atoms with E-state index in [0.29, 0.717) is 6.61 Å². The van der Waals surface area contributed by atoms with Gasteiger partial charge in [-0.3, -0.25) is 0 Å². The van der Waals surface area contributed by atoms with Crippen LogP contribution in [0, 0.1) is 0 Å². The van der Waals surface area contributed by atoms with Crippen molar-refractivity contribution >= 4 is 5.97 Å². The Bertz CT molecular complexity index is 289. The summed E-state index contributed by atoms with van der Waals surface area (Å²) in [7, 11) is 0. The first kappa shape index (κ1) is 7.40. The highest BCUT2D eigenvalue weighted by Gasteiger charge is 2.23. The van der Waals surface area contributed by atoms with Crippen molar-refractivity contribution in [3.05, 3.63) is 22.9 Å². The summed E-state index contributed by atoms with van der Waals surface area (Å²) in [6.07, 6.45) is 2.76. The van der Waals surface area contributed by atoms with Crippen LogP contribution in [-0.4, -0.2) is 19.1 Å². The molecule has 0 aromatic heterocycles. The summed E-state index contributed by atoms with van der Waals surface area (Å²) >= 11 is 0. The molecule has 2 heterocycles. The molecule has 0 aliphatic carbocycles. The third-order valence-corrected chi connectivity index (χ3v) is 2.11. The van der Waals surface area contributed by atoms with Gasteiger partial charge in [0.15, 0.2) is 0 Å². The second-order valence-corrected chi connectivity index (χ2v) is 3.12. The molecule has 2 aliphatic rings. The van der Waals surface area contributed by atoms with Gasteiger partial charge >= 0.3 is 5.97 Å². The third kappa shape index (κ3) is 1.11. The van der Waals surface area contributed by atoms with Crippen LogP contribution < -0.4 is 5.32 Å².